The molecule has 0 saturated carbocycles. The predicted molar refractivity (Wildman–Crippen MR) is 117 cm³/mol. The predicted octanol–water partition coefficient (Wildman–Crippen LogP) is 3.67. The lowest BCUT2D eigenvalue weighted by Gasteiger charge is -2.30. The molecule has 2 aromatic carbocycles. The van der Waals surface area contributed by atoms with Crippen LogP contribution in [0.3, 0.4) is 0 Å². The van der Waals surface area contributed by atoms with E-state index in [1.807, 2.05) is 18.2 Å². The number of carbonyl (C=O) groups is 3. The zero-order valence-corrected chi connectivity index (χ0v) is 17.7. The van der Waals surface area contributed by atoms with Gasteiger partial charge in [0, 0.05) is 30.5 Å². The fourth-order valence-electron chi connectivity index (χ4n) is 3.22. The number of anilines is 2. The summed E-state index contributed by atoms with van der Waals surface area (Å²) < 4.78 is 5.08. The molecule has 0 atom stereocenters. The Bertz CT molecular complexity index is 1010. The van der Waals surface area contributed by atoms with Gasteiger partial charge in [0.2, 0.25) is 0 Å². The molecule has 3 rings (SSSR count). The molecule has 0 bridgehead atoms. The van der Waals surface area contributed by atoms with Crippen LogP contribution in [0.5, 0.6) is 0 Å². The number of amides is 3. The normalized spacial score (nSPS) is 13.8. The second kappa shape index (κ2) is 10.6. The van der Waals surface area contributed by atoms with E-state index in [2.05, 4.69) is 10.6 Å². The summed E-state index contributed by atoms with van der Waals surface area (Å²) in [6.45, 7) is 0.252. The van der Waals surface area contributed by atoms with Crippen molar-refractivity contribution < 1.29 is 24.0 Å². The van der Waals surface area contributed by atoms with Crippen LogP contribution < -0.4 is 10.6 Å². The van der Waals surface area contributed by atoms with Crippen LogP contribution in [0, 0.1) is 16.0 Å². The van der Waals surface area contributed by atoms with E-state index in [1.54, 1.807) is 17.0 Å². The van der Waals surface area contributed by atoms with Crippen LogP contribution in [-0.4, -0.2) is 47.4 Å². The molecule has 0 radical (unpaired) electrons. The van der Waals surface area contributed by atoms with E-state index in [0.717, 1.165) is 6.07 Å². The number of ether oxygens (including phenoxy) is 1. The Morgan fingerprint density at radius 3 is 2.41 bits per heavy atom. The van der Waals surface area contributed by atoms with Crippen LogP contribution in [0.25, 0.3) is 0 Å². The van der Waals surface area contributed by atoms with E-state index in [-0.39, 0.29) is 22.4 Å². The number of esters is 1. The Balaban J connectivity index is 1.42. The lowest BCUT2D eigenvalue weighted by atomic mass is 9.97. The van der Waals surface area contributed by atoms with Crippen molar-refractivity contribution >= 4 is 46.6 Å². The summed E-state index contributed by atoms with van der Waals surface area (Å²) in [6.07, 6.45) is 0.845. The van der Waals surface area contributed by atoms with E-state index >= 15 is 0 Å². The summed E-state index contributed by atoms with van der Waals surface area (Å²) in [7, 11) is 0. The van der Waals surface area contributed by atoms with Gasteiger partial charge in [-0.1, -0.05) is 29.8 Å². The minimum atomic E-state index is -0.662. The number of nitro groups is 1. The van der Waals surface area contributed by atoms with E-state index in [9.17, 15) is 24.5 Å². The smallest absolute Gasteiger partial charge is 0.321 e. The SMILES string of the molecule is O=C(COC(=O)C1CCN(C(=O)Nc2ccccc2)CC1)Nc1ccc(Cl)c([N+](=O)[O-])c1. The van der Waals surface area contributed by atoms with Crippen LogP contribution in [0.2, 0.25) is 5.02 Å². The second-order valence-electron chi connectivity index (χ2n) is 7.14. The molecule has 1 aliphatic heterocycles. The molecule has 168 valence electrons. The summed E-state index contributed by atoms with van der Waals surface area (Å²) in [5, 5.41) is 16.1. The molecule has 0 spiro atoms. The zero-order valence-electron chi connectivity index (χ0n) is 17.0. The minimum absolute atomic E-state index is 0.0526. The first kappa shape index (κ1) is 23.0. The van der Waals surface area contributed by atoms with Crippen molar-refractivity contribution in [1.29, 1.82) is 0 Å². The standard InChI is InChI=1S/C21H21ClN4O6/c22-17-7-6-16(12-18(17)26(30)31)23-19(27)13-32-20(28)14-8-10-25(11-9-14)21(29)24-15-4-2-1-3-5-15/h1-7,12,14H,8-11,13H2,(H,23,27)(H,24,29). The lowest BCUT2D eigenvalue weighted by molar-refractivity contribution is -0.384. The maximum absolute atomic E-state index is 12.3. The highest BCUT2D eigenvalue weighted by atomic mass is 35.5. The maximum Gasteiger partial charge on any atom is 0.321 e. The Labute approximate surface area is 188 Å². The Kier molecular flexibility index (Phi) is 7.61. The highest BCUT2D eigenvalue weighted by molar-refractivity contribution is 6.32. The fraction of sp³-hybridized carbons (Fsp3) is 0.286. The van der Waals surface area contributed by atoms with Crippen LogP contribution in [-0.2, 0) is 14.3 Å². The van der Waals surface area contributed by atoms with Gasteiger partial charge in [0.1, 0.15) is 5.02 Å². The summed E-state index contributed by atoms with van der Waals surface area (Å²) in [5.41, 5.74) is 0.514. The van der Waals surface area contributed by atoms with Crippen molar-refractivity contribution in [3.8, 4) is 0 Å². The zero-order chi connectivity index (χ0) is 23.1. The number of rotatable bonds is 6. The number of carbonyl (C=O) groups excluding carboxylic acids is 3. The third-order valence-corrected chi connectivity index (χ3v) is 5.23. The molecule has 3 amide bonds. The van der Waals surface area contributed by atoms with Gasteiger partial charge in [0.05, 0.1) is 10.8 Å². The summed E-state index contributed by atoms with van der Waals surface area (Å²) >= 11 is 5.73. The molecule has 11 heteroatoms. The quantitative estimate of drug-likeness (QED) is 0.384. The molecular formula is C21H21ClN4O6. The average molecular weight is 461 g/mol. The van der Waals surface area contributed by atoms with Gasteiger partial charge < -0.3 is 20.3 Å². The van der Waals surface area contributed by atoms with Crippen LogP contribution in [0.4, 0.5) is 21.9 Å². The van der Waals surface area contributed by atoms with Gasteiger partial charge in [-0.05, 0) is 37.1 Å². The topological polar surface area (TPSA) is 131 Å². The highest BCUT2D eigenvalue weighted by Gasteiger charge is 2.29. The number of hydrogen-bond donors (Lipinski definition) is 2. The van der Waals surface area contributed by atoms with Crippen molar-refractivity contribution in [2.24, 2.45) is 5.92 Å². The number of urea groups is 1. The number of likely N-dealkylation sites (tertiary alicyclic amines) is 1. The number of hydrogen-bond acceptors (Lipinski definition) is 6. The molecule has 0 unspecified atom stereocenters. The molecule has 0 aliphatic carbocycles. The molecule has 0 aromatic heterocycles. The number of para-hydroxylation sites is 1. The first-order valence-corrected chi connectivity index (χ1v) is 10.2. The van der Waals surface area contributed by atoms with Crippen molar-refractivity contribution in [1.82, 2.24) is 4.90 Å². The highest BCUT2D eigenvalue weighted by Crippen LogP contribution is 2.27. The molecule has 1 saturated heterocycles. The van der Waals surface area contributed by atoms with Gasteiger partial charge in [-0.15, -0.1) is 0 Å². The average Bonchev–Trinajstić information content (AvgIpc) is 2.79. The number of benzene rings is 2. The largest absolute Gasteiger partial charge is 0.455 e. The van der Waals surface area contributed by atoms with Crippen molar-refractivity contribution in [3.05, 3.63) is 63.7 Å². The Morgan fingerprint density at radius 1 is 1.06 bits per heavy atom. The van der Waals surface area contributed by atoms with Gasteiger partial charge in [-0.3, -0.25) is 19.7 Å². The molecule has 10 nitrogen and oxygen atoms in total. The monoisotopic (exact) mass is 460 g/mol. The Morgan fingerprint density at radius 2 is 1.75 bits per heavy atom. The third kappa shape index (κ3) is 6.17. The van der Waals surface area contributed by atoms with Crippen LogP contribution >= 0.6 is 11.6 Å². The van der Waals surface area contributed by atoms with E-state index in [4.69, 9.17) is 16.3 Å². The number of nitrogens with zero attached hydrogens (tertiary/aromatic N) is 2. The summed E-state index contributed by atoms with van der Waals surface area (Å²) in [6, 6.07) is 12.7. The number of piperidine rings is 1. The van der Waals surface area contributed by atoms with Gasteiger partial charge >= 0.3 is 12.0 Å². The van der Waals surface area contributed by atoms with Gasteiger partial charge in [-0.25, -0.2) is 4.79 Å². The lowest BCUT2D eigenvalue weighted by Crippen LogP contribution is -2.43. The third-order valence-electron chi connectivity index (χ3n) is 4.91. The molecule has 2 N–H and O–H groups in total. The van der Waals surface area contributed by atoms with Crippen LogP contribution in [0.15, 0.2) is 48.5 Å². The molecular weight excluding hydrogens is 440 g/mol. The molecule has 1 fully saturated rings. The molecule has 2 aromatic rings. The van der Waals surface area contributed by atoms with Gasteiger partial charge in [0.15, 0.2) is 6.61 Å². The second-order valence-corrected chi connectivity index (χ2v) is 7.54. The Hall–Kier alpha value is -3.66. The first-order chi connectivity index (χ1) is 15.3. The number of nitrogens with one attached hydrogen (secondary N) is 2. The van der Waals surface area contributed by atoms with E-state index < -0.39 is 29.3 Å². The molecule has 1 aliphatic rings. The number of halogens is 1. The van der Waals surface area contributed by atoms with Gasteiger partial charge in [-0.2, -0.15) is 0 Å². The van der Waals surface area contributed by atoms with Crippen molar-refractivity contribution in [3.63, 3.8) is 0 Å². The molecule has 32 heavy (non-hydrogen) atoms. The first-order valence-electron chi connectivity index (χ1n) is 9.85. The fourth-order valence-corrected chi connectivity index (χ4v) is 3.41. The van der Waals surface area contributed by atoms with E-state index in [1.165, 1.54) is 12.1 Å². The van der Waals surface area contributed by atoms with Crippen molar-refractivity contribution in [2.75, 3.05) is 30.3 Å². The van der Waals surface area contributed by atoms with Crippen molar-refractivity contribution in [2.45, 2.75) is 12.8 Å². The van der Waals surface area contributed by atoms with E-state index in [0.29, 0.717) is 31.6 Å². The summed E-state index contributed by atoms with van der Waals surface area (Å²) in [5.74, 6) is -1.57. The summed E-state index contributed by atoms with van der Waals surface area (Å²) in [4.78, 5) is 48.5. The maximum atomic E-state index is 12.3. The number of nitro benzene ring substituents is 1. The molecule has 1 heterocycles. The van der Waals surface area contributed by atoms with Crippen LogP contribution in [0.1, 0.15) is 12.8 Å². The van der Waals surface area contributed by atoms with Gasteiger partial charge in [0.25, 0.3) is 11.6 Å². The minimum Gasteiger partial charge on any atom is -0.455 e.